The molecule has 0 aliphatic rings. The second kappa shape index (κ2) is 12.4. The van der Waals surface area contributed by atoms with Gasteiger partial charge in [-0.25, -0.2) is 9.97 Å². The van der Waals surface area contributed by atoms with E-state index in [2.05, 4.69) is 9.97 Å². The first-order chi connectivity index (χ1) is 17.9. The van der Waals surface area contributed by atoms with Crippen molar-refractivity contribution < 1.29 is 27.4 Å². The number of alkyl halides is 3. The van der Waals surface area contributed by atoms with Gasteiger partial charge in [0.2, 0.25) is 5.89 Å². The number of halogens is 3. The zero-order chi connectivity index (χ0) is 26.1. The lowest BCUT2D eigenvalue weighted by Gasteiger charge is -2.07. The second-order valence-corrected chi connectivity index (χ2v) is 8.57. The largest absolute Gasteiger partial charge is 0.487 e. The molecule has 4 rings (SSSR count). The van der Waals surface area contributed by atoms with Gasteiger partial charge in [0, 0.05) is 24.5 Å². The Labute approximate surface area is 213 Å². The third-order valence-electron chi connectivity index (χ3n) is 5.82. The third kappa shape index (κ3) is 7.82. The minimum atomic E-state index is -4.35. The molecule has 0 unspecified atom stereocenters. The van der Waals surface area contributed by atoms with Crippen LogP contribution >= 0.6 is 0 Å². The molecule has 194 valence electrons. The number of nitrogens with zero attached hydrogens (tertiary/aromatic N) is 3. The monoisotopic (exact) mass is 511 g/mol. The highest BCUT2D eigenvalue weighted by Crippen LogP contribution is 2.29. The smallest absolute Gasteiger partial charge is 0.416 e. The summed E-state index contributed by atoms with van der Waals surface area (Å²) in [5.74, 6) is 1.06. The maximum atomic E-state index is 12.7. The molecule has 0 saturated carbocycles. The van der Waals surface area contributed by atoms with Gasteiger partial charge in [-0.05, 0) is 67.2 Å². The molecule has 6 nitrogen and oxygen atoms in total. The van der Waals surface area contributed by atoms with Crippen molar-refractivity contribution in [1.82, 2.24) is 14.5 Å². The van der Waals surface area contributed by atoms with Crippen LogP contribution in [0.15, 0.2) is 71.7 Å². The fourth-order valence-electron chi connectivity index (χ4n) is 3.83. The topological polar surface area (TPSA) is 73.3 Å². The van der Waals surface area contributed by atoms with Crippen molar-refractivity contribution in [1.29, 1.82) is 0 Å². The number of oxazole rings is 1. The summed E-state index contributed by atoms with van der Waals surface area (Å²) in [6.07, 6.45) is 7.97. The van der Waals surface area contributed by atoms with Gasteiger partial charge in [0.25, 0.3) is 0 Å². The van der Waals surface area contributed by atoms with E-state index in [1.807, 2.05) is 35.0 Å². The molecule has 2 aromatic carbocycles. The molecule has 2 heterocycles. The molecule has 0 aliphatic heterocycles. The average Bonchev–Trinajstić information content (AvgIpc) is 3.54. The molecule has 0 amide bonds. The molecule has 1 N–H and O–H groups in total. The fraction of sp³-hybridized carbons (Fsp3) is 0.286. The number of imidazole rings is 1. The summed E-state index contributed by atoms with van der Waals surface area (Å²) in [6.45, 7) is 0.920. The number of rotatable bonds is 12. The molecule has 0 bridgehead atoms. The zero-order valence-corrected chi connectivity index (χ0v) is 20.2. The van der Waals surface area contributed by atoms with E-state index in [1.165, 1.54) is 24.0 Å². The molecule has 9 heteroatoms. The van der Waals surface area contributed by atoms with Crippen LogP contribution in [-0.4, -0.2) is 26.2 Å². The van der Waals surface area contributed by atoms with Gasteiger partial charge in [-0.2, -0.15) is 13.2 Å². The Morgan fingerprint density at radius 2 is 1.73 bits per heavy atom. The van der Waals surface area contributed by atoms with Crippen LogP contribution in [-0.2, 0) is 32.2 Å². The van der Waals surface area contributed by atoms with Gasteiger partial charge in [-0.1, -0.05) is 24.3 Å². The molecule has 2 aromatic heterocycles. The Hall–Kier alpha value is -3.85. The minimum absolute atomic E-state index is 0.110. The van der Waals surface area contributed by atoms with Gasteiger partial charge in [0.15, 0.2) is 0 Å². The standard InChI is InChI=1S/C28H28F3N3O3/c29-28(30,31)23-10-5-22(6-11-23)9-14-27-33-24(19-37-27)18-36-26-12-7-21(8-13-26)3-1-2-4-25-17-32-20-34(25)15-16-35/h5-14,17,19-20,35H,1-4,15-16,18H2/b14-9+. The first-order valence-electron chi connectivity index (χ1n) is 12.0. The Morgan fingerprint density at radius 3 is 2.46 bits per heavy atom. The van der Waals surface area contributed by atoms with Crippen LogP contribution in [0.1, 0.15) is 46.8 Å². The van der Waals surface area contributed by atoms with Gasteiger partial charge < -0.3 is 18.8 Å². The van der Waals surface area contributed by atoms with E-state index in [-0.39, 0.29) is 13.2 Å². The number of aliphatic hydroxyl groups is 1. The van der Waals surface area contributed by atoms with Gasteiger partial charge in [0.1, 0.15) is 24.3 Å². The molecule has 0 spiro atoms. The highest BCUT2D eigenvalue weighted by molar-refractivity contribution is 5.66. The van der Waals surface area contributed by atoms with Crippen molar-refractivity contribution in [2.75, 3.05) is 6.61 Å². The lowest BCUT2D eigenvalue weighted by atomic mass is 10.1. The van der Waals surface area contributed by atoms with E-state index < -0.39 is 11.7 Å². The van der Waals surface area contributed by atoms with Crippen molar-refractivity contribution in [2.24, 2.45) is 0 Å². The van der Waals surface area contributed by atoms with Gasteiger partial charge in [-0.15, -0.1) is 0 Å². The SMILES string of the molecule is OCCn1cncc1CCCCc1ccc(OCc2coc(/C=C/c3ccc(C(F)(F)F)cc3)n2)cc1. The zero-order valence-electron chi connectivity index (χ0n) is 20.2. The number of aliphatic hydroxyl groups excluding tert-OH is 1. The van der Waals surface area contributed by atoms with Crippen molar-refractivity contribution in [3.05, 3.63) is 101 Å². The predicted molar refractivity (Wildman–Crippen MR) is 134 cm³/mol. The molecule has 0 saturated heterocycles. The number of hydrogen-bond donors (Lipinski definition) is 1. The van der Waals surface area contributed by atoms with Gasteiger partial charge in [-0.3, -0.25) is 0 Å². The quantitative estimate of drug-likeness (QED) is 0.229. The minimum Gasteiger partial charge on any atom is -0.487 e. The van der Waals surface area contributed by atoms with E-state index in [0.717, 1.165) is 49.3 Å². The molecule has 0 fully saturated rings. The molecule has 0 radical (unpaired) electrons. The van der Waals surface area contributed by atoms with E-state index in [4.69, 9.17) is 14.3 Å². The number of aryl methyl sites for hydroxylation is 2. The van der Waals surface area contributed by atoms with Crippen LogP contribution < -0.4 is 4.74 Å². The summed E-state index contributed by atoms with van der Waals surface area (Å²) in [6, 6.07) is 12.8. The van der Waals surface area contributed by atoms with Crippen LogP contribution in [0.5, 0.6) is 5.75 Å². The second-order valence-electron chi connectivity index (χ2n) is 8.57. The first kappa shape index (κ1) is 26.2. The van der Waals surface area contributed by atoms with E-state index in [0.29, 0.717) is 23.7 Å². The molecular weight excluding hydrogens is 483 g/mol. The number of aromatic nitrogens is 3. The number of ether oxygens (including phenoxy) is 1. The number of unbranched alkanes of at least 4 members (excludes halogenated alkanes) is 1. The number of benzene rings is 2. The third-order valence-corrected chi connectivity index (χ3v) is 5.82. The van der Waals surface area contributed by atoms with Crippen LogP contribution in [0, 0.1) is 0 Å². The van der Waals surface area contributed by atoms with Crippen LogP contribution in [0.2, 0.25) is 0 Å². The van der Waals surface area contributed by atoms with Crippen LogP contribution in [0.3, 0.4) is 0 Å². The van der Waals surface area contributed by atoms with Crippen molar-refractivity contribution in [2.45, 2.75) is 45.0 Å². The molecule has 0 atom stereocenters. The molecular formula is C28H28F3N3O3. The maximum absolute atomic E-state index is 12.7. The van der Waals surface area contributed by atoms with Gasteiger partial charge in [0.05, 0.1) is 18.5 Å². The summed E-state index contributed by atoms with van der Waals surface area (Å²) in [4.78, 5) is 8.48. The number of hydrogen-bond acceptors (Lipinski definition) is 5. The Morgan fingerprint density at radius 1 is 0.973 bits per heavy atom. The van der Waals surface area contributed by atoms with Crippen LogP contribution in [0.4, 0.5) is 13.2 Å². The average molecular weight is 512 g/mol. The highest BCUT2D eigenvalue weighted by atomic mass is 19.4. The summed E-state index contributed by atoms with van der Waals surface area (Å²) >= 11 is 0. The Bertz CT molecular complexity index is 1280. The van der Waals surface area contributed by atoms with Gasteiger partial charge >= 0.3 is 6.18 Å². The fourth-order valence-corrected chi connectivity index (χ4v) is 3.83. The Kier molecular flexibility index (Phi) is 8.79. The van der Waals surface area contributed by atoms with Crippen molar-refractivity contribution >= 4 is 12.2 Å². The first-order valence-corrected chi connectivity index (χ1v) is 12.0. The maximum Gasteiger partial charge on any atom is 0.416 e. The van der Waals surface area contributed by atoms with Crippen molar-refractivity contribution in [3.63, 3.8) is 0 Å². The van der Waals surface area contributed by atoms with E-state index >= 15 is 0 Å². The van der Waals surface area contributed by atoms with Crippen molar-refractivity contribution in [3.8, 4) is 5.75 Å². The predicted octanol–water partition coefficient (Wildman–Crippen LogP) is 6.20. The van der Waals surface area contributed by atoms with E-state index in [1.54, 1.807) is 18.5 Å². The highest BCUT2D eigenvalue weighted by Gasteiger charge is 2.29. The summed E-state index contributed by atoms with van der Waals surface area (Å²) in [5, 5.41) is 9.10. The molecule has 37 heavy (non-hydrogen) atoms. The lowest BCUT2D eigenvalue weighted by molar-refractivity contribution is -0.137. The van der Waals surface area contributed by atoms with E-state index in [9.17, 15) is 13.2 Å². The summed E-state index contributed by atoms with van der Waals surface area (Å²) in [7, 11) is 0. The summed E-state index contributed by atoms with van der Waals surface area (Å²) < 4.78 is 51.2. The Balaban J connectivity index is 1.19. The summed E-state index contributed by atoms with van der Waals surface area (Å²) in [5.41, 5.74) is 2.90. The normalized spacial score (nSPS) is 11.9. The molecule has 0 aliphatic carbocycles. The molecule has 4 aromatic rings. The lowest BCUT2D eigenvalue weighted by Crippen LogP contribution is -2.05. The van der Waals surface area contributed by atoms with Crippen LogP contribution in [0.25, 0.3) is 12.2 Å².